The normalized spacial score (nSPS) is 16.9. The summed E-state index contributed by atoms with van der Waals surface area (Å²) in [4.78, 5) is 14.9. The van der Waals surface area contributed by atoms with Gasteiger partial charge < -0.3 is 20.3 Å². The van der Waals surface area contributed by atoms with Crippen LogP contribution in [-0.4, -0.2) is 30.6 Å². The molecule has 30 heavy (non-hydrogen) atoms. The number of benzene rings is 2. The van der Waals surface area contributed by atoms with Gasteiger partial charge in [-0.2, -0.15) is 0 Å². The Morgan fingerprint density at radius 2 is 2.00 bits per heavy atom. The lowest BCUT2D eigenvalue weighted by Crippen LogP contribution is -2.46. The zero-order valence-electron chi connectivity index (χ0n) is 16.5. The lowest BCUT2D eigenvalue weighted by Gasteiger charge is -2.38. The quantitative estimate of drug-likeness (QED) is 0.441. The summed E-state index contributed by atoms with van der Waals surface area (Å²) in [5.41, 5.74) is 7.91. The highest BCUT2D eigenvalue weighted by atomic mass is 19.1. The van der Waals surface area contributed by atoms with Gasteiger partial charge in [0.1, 0.15) is 18.5 Å². The monoisotopic (exact) mass is 403 g/mol. The van der Waals surface area contributed by atoms with E-state index < -0.39 is 0 Å². The molecule has 2 amide bonds. The molecule has 0 radical (unpaired) electrons. The molecule has 6 heteroatoms. The van der Waals surface area contributed by atoms with Crippen molar-refractivity contribution in [2.45, 2.75) is 18.9 Å². The molecule has 1 aliphatic heterocycles. The number of ether oxygens (including phenoxy) is 1. The number of rotatable bonds is 6. The third-order valence-corrected chi connectivity index (χ3v) is 5.27. The minimum absolute atomic E-state index is 0.184. The largest absolute Gasteiger partial charge is 0.445 e. The minimum atomic E-state index is -0.295. The summed E-state index contributed by atoms with van der Waals surface area (Å²) in [6.07, 6.45) is 8.53. The molecule has 2 aromatic carbocycles. The van der Waals surface area contributed by atoms with Crippen molar-refractivity contribution in [1.82, 2.24) is 15.5 Å². The number of amides is 2. The Bertz CT molecular complexity index is 1050. The zero-order valence-corrected chi connectivity index (χ0v) is 16.5. The van der Waals surface area contributed by atoms with Gasteiger partial charge >= 0.3 is 6.03 Å². The average molecular weight is 403 g/mol. The van der Waals surface area contributed by atoms with Crippen LogP contribution in [0.1, 0.15) is 29.2 Å². The van der Waals surface area contributed by atoms with E-state index in [9.17, 15) is 9.18 Å². The van der Waals surface area contributed by atoms with E-state index >= 15 is 0 Å². The van der Waals surface area contributed by atoms with Crippen molar-refractivity contribution < 1.29 is 13.9 Å². The fraction of sp³-hybridized carbons (Fsp3) is 0.250. The van der Waals surface area contributed by atoms with Gasteiger partial charge in [-0.15, -0.1) is 0 Å². The van der Waals surface area contributed by atoms with Gasteiger partial charge in [0, 0.05) is 13.0 Å². The van der Waals surface area contributed by atoms with Crippen LogP contribution in [0.5, 0.6) is 0 Å². The molecule has 2 N–H and O–H groups in total. The maximum Gasteiger partial charge on any atom is 0.322 e. The van der Waals surface area contributed by atoms with Gasteiger partial charge in [0.15, 0.2) is 0 Å². The average Bonchev–Trinajstić information content (AvgIpc) is 2.74. The molecule has 152 valence electrons. The van der Waals surface area contributed by atoms with Crippen LogP contribution in [0.25, 0.3) is 0 Å². The highest BCUT2D eigenvalue weighted by molar-refractivity contribution is 5.78. The van der Waals surface area contributed by atoms with Crippen LogP contribution in [-0.2, 0) is 11.2 Å². The summed E-state index contributed by atoms with van der Waals surface area (Å²) in [6.45, 7) is 1.58. The van der Waals surface area contributed by atoms with E-state index in [2.05, 4.69) is 28.5 Å². The summed E-state index contributed by atoms with van der Waals surface area (Å²) in [5, 5.41) is 6.11. The van der Waals surface area contributed by atoms with Crippen molar-refractivity contribution in [3.63, 3.8) is 0 Å². The second-order valence-electron chi connectivity index (χ2n) is 7.18. The fourth-order valence-corrected chi connectivity index (χ4v) is 3.83. The van der Waals surface area contributed by atoms with Gasteiger partial charge in [-0.05, 0) is 35.2 Å². The summed E-state index contributed by atoms with van der Waals surface area (Å²) in [6, 6.07) is 14.0. The molecule has 1 heterocycles. The molecule has 1 atom stereocenters. The molecule has 5 nitrogen and oxygen atoms in total. The number of carbonyl (C=O) groups excluding carboxylic acids is 1. The molecule has 2 aliphatic rings. The maximum atomic E-state index is 13.5. The summed E-state index contributed by atoms with van der Waals surface area (Å²) < 4.78 is 18.3. The summed E-state index contributed by atoms with van der Waals surface area (Å²) in [7, 11) is 0. The van der Waals surface area contributed by atoms with Crippen molar-refractivity contribution in [1.29, 1.82) is 0 Å². The number of hydrogen-bond acceptors (Lipinski definition) is 3. The highest BCUT2D eigenvalue weighted by Gasteiger charge is 2.32. The number of halogens is 1. The Morgan fingerprint density at radius 3 is 2.77 bits per heavy atom. The maximum absolute atomic E-state index is 13.5. The predicted octanol–water partition coefficient (Wildman–Crippen LogP) is 3.45. The zero-order chi connectivity index (χ0) is 20.9. The van der Waals surface area contributed by atoms with Gasteiger partial charge in [0.05, 0.1) is 24.0 Å². The van der Waals surface area contributed by atoms with Crippen molar-refractivity contribution in [3.05, 3.63) is 88.2 Å². The number of hydrogen-bond donors (Lipinski definition) is 2. The van der Waals surface area contributed by atoms with E-state index in [1.165, 1.54) is 17.7 Å². The van der Waals surface area contributed by atoms with E-state index in [1.807, 2.05) is 18.2 Å². The number of terminal acetylenes is 1. The first-order valence-electron chi connectivity index (χ1n) is 9.86. The van der Waals surface area contributed by atoms with Crippen molar-refractivity contribution in [3.8, 4) is 12.5 Å². The van der Waals surface area contributed by atoms with Gasteiger partial charge in [-0.1, -0.05) is 48.6 Å². The molecule has 2 aromatic rings. The third kappa shape index (κ3) is 4.17. The summed E-state index contributed by atoms with van der Waals surface area (Å²) in [5.74, 6) is -0.295. The Hall–Kier alpha value is -3.68. The van der Waals surface area contributed by atoms with Crippen LogP contribution in [0.2, 0.25) is 0 Å². The fourth-order valence-electron chi connectivity index (χ4n) is 3.83. The standard InChI is InChI=1S/C24H22FN3O2/c1-2-30-14-12-26-20-15-21(16-20)27-24(29)28-13-11-17-5-3-4-6-22(17)23(28)18-7-9-19(25)10-8-18/h1,3-10,23,26H,11-15H2,(H,27,29)/t23-/m0/s1. The molecule has 0 spiro atoms. The number of nitrogens with zero attached hydrogens (tertiary/aromatic N) is 1. The van der Waals surface area contributed by atoms with Crippen LogP contribution in [0.4, 0.5) is 9.18 Å². The third-order valence-electron chi connectivity index (χ3n) is 5.27. The Labute approximate surface area is 175 Å². The van der Waals surface area contributed by atoms with Crippen LogP contribution < -0.4 is 10.6 Å². The molecular formula is C24H22FN3O2. The van der Waals surface area contributed by atoms with Crippen LogP contribution in [0.15, 0.2) is 65.7 Å². The number of nitrogens with one attached hydrogen (secondary N) is 2. The Morgan fingerprint density at radius 1 is 1.23 bits per heavy atom. The molecular weight excluding hydrogens is 381 g/mol. The smallest absolute Gasteiger partial charge is 0.322 e. The van der Waals surface area contributed by atoms with Crippen molar-refractivity contribution in [2.24, 2.45) is 0 Å². The first-order chi connectivity index (χ1) is 14.7. The molecule has 0 aromatic heterocycles. The lowest BCUT2D eigenvalue weighted by molar-refractivity contribution is 0.182. The van der Waals surface area contributed by atoms with E-state index in [1.54, 1.807) is 17.0 Å². The van der Waals surface area contributed by atoms with Gasteiger partial charge in [-0.25, -0.2) is 9.18 Å². The minimum Gasteiger partial charge on any atom is -0.445 e. The molecule has 4 rings (SSSR count). The molecule has 1 aliphatic carbocycles. The number of carbonyl (C=O) groups is 1. The molecule has 0 fully saturated rings. The van der Waals surface area contributed by atoms with E-state index in [0.717, 1.165) is 28.9 Å². The van der Waals surface area contributed by atoms with E-state index in [4.69, 9.17) is 11.2 Å². The molecule has 0 unspecified atom stereocenters. The lowest BCUT2D eigenvalue weighted by atomic mass is 9.88. The predicted molar refractivity (Wildman–Crippen MR) is 112 cm³/mol. The van der Waals surface area contributed by atoms with Crippen LogP contribution in [0, 0.1) is 18.3 Å². The number of urea groups is 1. The molecule has 0 saturated carbocycles. The second-order valence-corrected chi connectivity index (χ2v) is 7.18. The van der Waals surface area contributed by atoms with Crippen molar-refractivity contribution >= 4 is 6.03 Å². The van der Waals surface area contributed by atoms with Crippen molar-refractivity contribution in [2.75, 3.05) is 19.7 Å². The molecule has 0 saturated heterocycles. The van der Waals surface area contributed by atoms with Gasteiger partial charge in [0.2, 0.25) is 0 Å². The van der Waals surface area contributed by atoms with Gasteiger partial charge in [-0.3, -0.25) is 0 Å². The second kappa shape index (κ2) is 8.77. The molecule has 0 bridgehead atoms. The van der Waals surface area contributed by atoms with Crippen LogP contribution >= 0.6 is 0 Å². The summed E-state index contributed by atoms with van der Waals surface area (Å²) >= 11 is 0. The Balaban J connectivity index is 1.51. The Kier molecular flexibility index (Phi) is 5.74. The van der Waals surface area contributed by atoms with Gasteiger partial charge in [0.25, 0.3) is 0 Å². The topological polar surface area (TPSA) is 53.6 Å². The SMILES string of the molecule is C#COCCNC1=C=C(NC(=O)N2CCc3ccccc3[C@@H]2c2ccc(F)cc2)C1. The highest BCUT2D eigenvalue weighted by Crippen LogP contribution is 2.35. The first-order valence-corrected chi connectivity index (χ1v) is 9.86. The number of fused-ring (bicyclic) bond motifs is 1. The van der Waals surface area contributed by atoms with E-state index in [-0.39, 0.29) is 17.9 Å². The first kappa shape index (κ1) is 19.6. The van der Waals surface area contributed by atoms with Crippen LogP contribution in [0.3, 0.4) is 0 Å². The van der Waals surface area contributed by atoms with E-state index in [0.29, 0.717) is 26.1 Å².